The van der Waals surface area contributed by atoms with E-state index in [9.17, 15) is 0 Å². The molecule has 1 N–H and O–H groups in total. The van der Waals surface area contributed by atoms with Crippen molar-refractivity contribution in [2.45, 2.75) is 6.54 Å². The highest BCUT2D eigenvalue weighted by atomic mass is 79.9. The highest BCUT2D eigenvalue weighted by Gasteiger charge is 2.16. The molecule has 19 heavy (non-hydrogen) atoms. The third kappa shape index (κ3) is 2.68. The van der Waals surface area contributed by atoms with Crippen LogP contribution in [-0.4, -0.2) is 23.0 Å². The Kier molecular flexibility index (Phi) is 3.33. The number of aromatic nitrogens is 2. The van der Waals surface area contributed by atoms with Gasteiger partial charge in [-0.15, -0.1) is 0 Å². The lowest BCUT2D eigenvalue weighted by Gasteiger charge is -2.20. The zero-order valence-electron chi connectivity index (χ0n) is 10.5. The molecule has 0 fully saturated rings. The first-order valence-electron chi connectivity index (χ1n) is 6.03. The van der Waals surface area contributed by atoms with Gasteiger partial charge in [-0.1, -0.05) is 0 Å². The Bertz CT molecular complexity index is 598. The molecule has 1 aromatic heterocycles. The molecule has 0 spiro atoms. The number of nitrogens with zero attached hydrogens (tertiary/aromatic N) is 2. The van der Waals surface area contributed by atoms with Gasteiger partial charge in [0.25, 0.3) is 0 Å². The molecule has 2 aromatic rings. The largest absolute Gasteiger partial charge is 0.486 e. The van der Waals surface area contributed by atoms with Gasteiger partial charge in [0, 0.05) is 19.8 Å². The molecule has 0 atom stereocenters. The lowest BCUT2D eigenvalue weighted by molar-refractivity contribution is 0.170. The third-order valence-corrected chi connectivity index (χ3v) is 3.45. The number of ether oxygens (including phenoxy) is 2. The van der Waals surface area contributed by atoms with E-state index in [1.54, 1.807) is 10.9 Å². The Labute approximate surface area is 119 Å². The van der Waals surface area contributed by atoms with Crippen molar-refractivity contribution in [2.24, 2.45) is 7.05 Å². The second-order valence-corrected chi connectivity index (χ2v) is 5.21. The van der Waals surface area contributed by atoms with E-state index in [-0.39, 0.29) is 0 Å². The molecule has 1 aliphatic heterocycles. The molecule has 5 nitrogen and oxygen atoms in total. The molecule has 6 heteroatoms. The molecule has 2 heterocycles. The number of anilines is 1. The van der Waals surface area contributed by atoms with Crippen molar-refractivity contribution in [2.75, 3.05) is 18.5 Å². The Balaban J connectivity index is 1.76. The zero-order valence-corrected chi connectivity index (χ0v) is 12.1. The van der Waals surface area contributed by atoms with Crippen molar-refractivity contribution in [3.63, 3.8) is 0 Å². The van der Waals surface area contributed by atoms with Crippen LogP contribution >= 0.6 is 15.9 Å². The lowest BCUT2D eigenvalue weighted by Crippen LogP contribution is -2.16. The molecule has 0 bridgehead atoms. The summed E-state index contributed by atoms with van der Waals surface area (Å²) in [4.78, 5) is 0. The second-order valence-electron chi connectivity index (χ2n) is 4.36. The topological polar surface area (TPSA) is 48.3 Å². The van der Waals surface area contributed by atoms with Gasteiger partial charge in [-0.2, -0.15) is 5.10 Å². The number of hydrogen-bond donors (Lipinski definition) is 1. The number of fused-ring (bicyclic) bond motifs is 1. The van der Waals surface area contributed by atoms with Crippen molar-refractivity contribution in [1.82, 2.24) is 9.78 Å². The normalized spacial score (nSPS) is 13.4. The summed E-state index contributed by atoms with van der Waals surface area (Å²) in [6.07, 6.45) is 3.74. The average molecular weight is 324 g/mol. The van der Waals surface area contributed by atoms with E-state index in [4.69, 9.17) is 9.47 Å². The van der Waals surface area contributed by atoms with Crippen LogP contribution in [0.15, 0.2) is 29.0 Å². The Morgan fingerprint density at radius 3 is 3.00 bits per heavy atom. The summed E-state index contributed by atoms with van der Waals surface area (Å²) in [5.74, 6) is 1.58. The highest BCUT2D eigenvalue weighted by molar-refractivity contribution is 9.10. The summed E-state index contributed by atoms with van der Waals surface area (Å²) in [5, 5.41) is 7.43. The molecule has 0 saturated carbocycles. The molecule has 0 aliphatic carbocycles. The Morgan fingerprint density at radius 2 is 2.21 bits per heavy atom. The Morgan fingerprint density at radius 1 is 1.37 bits per heavy atom. The second kappa shape index (κ2) is 5.13. The number of halogens is 1. The van der Waals surface area contributed by atoms with E-state index >= 15 is 0 Å². The van der Waals surface area contributed by atoms with Gasteiger partial charge in [0.1, 0.15) is 13.2 Å². The van der Waals surface area contributed by atoms with Gasteiger partial charge in [-0.3, -0.25) is 4.68 Å². The van der Waals surface area contributed by atoms with Crippen LogP contribution in [0.3, 0.4) is 0 Å². The lowest BCUT2D eigenvalue weighted by atomic mass is 10.2. The first-order valence-corrected chi connectivity index (χ1v) is 6.82. The molecular weight excluding hydrogens is 310 g/mol. The van der Waals surface area contributed by atoms with Gasteiger partial charge in [-0.05, 0) is 33.6 Å². The summed E-state index contributed by atoms with van der Waals surface area (Å²) in [6.45, 7) is 1.90. The summed E-state index contributed by atoms with van der Waals surface area (Å²) in [5.41, 5.74) is 2.12. The molecule has 0 radical (unpaired) electrons. The molecule has 1 aliphatic rings. The highest BCUT2D eigenvalue weighted by Crippen LogP contribution is 2.38. The summed E-state index contributed by atoms with van der Waals surface area (Å²) in [6, 6.07) is 4.04. The standard InChI is InChI=1S/C13H14BrN3O2/c1-17-8-10(7-16-17)15-6-9-4-11(14)13-12(5-9)18-2-3-19-13/h4-5,7-8,15H,2-3,6H2,1H3. The number of nitrogens with one attached hydrogen (secondary N) is 1. The molecule has 0 saturated heterocycles. The van der Waals surface area contributed by atoms with E-state index in [0.29, 0.717) is 19.8 Å². The molecule has 3 rings (SSSR count). The monoisotopic (exact) mass is 323 g/mol. The molecule has 0 unspecified atom stereocenters. The van der Waals surface area contributed by atoms with Gasteiger partial charge >= 0.3 is 0 Å². The van der Waals surface area contributed by atoms with Gasteiger partial charge in [0.05, 0.1) is 16.4 Å². The molecule has 0 amide bonds. The van der Waals surface area contributed by atoms with Gasteiger partial charge in [-0.25, -0.2) is 0 Å². The maximum atomic E-state index is 5.60. The minimum atomic E-state index is 0.596. The van der Waals surface area contributed by atoms with E-state index in [1.165, 1.54) is 0 Å². The van der Waals surface area contributed by atoms with Crippen molar-refractivity contribution in [1.29, 1.82) is 0 Å². The average Bonchev–Trinajstić information content (AvgIpc) is 2.82. The van der Waals surface area contributed by atoms with Crippen molar-refractivity contribution >= 4 is 21.6 Å². The number of rotatable bonds is 3. The van der Waals surface area contributed by atoms with E-state index in [2.05, 4.69) is 26.3 Å². The predicted octanol–water partition coefficient (Wildman–Crippen LogP) is 2.57. The van der Waals surface area contributed by atoms with Gasteiger partial charge in [0.2, 0.25) is 0 Å². The van der Waals surface area contributed by atoms with Crippen molar-refractivity contribution < 1.29 is 9.47 Å². The van der Waals surface area contributed by atoms with Crippen LogP contribution in [0.25, 0.3) is 0 Å². The van der Waals surface area contributed by atoms with Crippen LogP contribution in [0.4, 0.5) is 5.69 Å². The van der Waals surface area contributed by atoms with E-state index in [1.807, 2.05) is 25.4 Å². The van der Waals surface area contributed by atoms with Crippen LogP contribution in [0.2, 0.25) is 0 Å². The third-order valence-electron chi connectivity index (χ3n) is 2.86. The smallest absolute Gasteiger partial charge is 0.175 e. The SMILES string of the molecule is Cn1cc(NCc2cc(Br)c3c(c2)OCCO3)cn1. The van der Waals surface area contributed by atoms with Gasteiger partial charge in [0.15, 0.2) is 11.5 Å². The minimum Gasteiger partial charge on any atom is -0.486 e. The first kappa shape index (κ1) is 12.3. The van der Waals surface area contributed by atoms with Crippen LogP contribution in [0.5, 0.6) is 11.5 Å². The van der Waals surface area contributed by atoms with Crippen molar-refractivity contribution in [3.05, 3.63) is 34.6 Å². The molecular formula is C13H14BrN3O2. The predicted molar refractivity (Wildman–Crippen MR) is 75.7 cm³/mol. The van der Waals surface area contributed by atoms with Crippen LogP contribution in [-0.2, 0) is 13.6 Å². The maximum absolute atomic E-state index is 5.60. The molecule has 1 aromatic carbocycles. The summed E-state index contributed by atoms with van der Waals surface area (Å²) in [7, 11) is 1.89. The zero-order chi connectivity index (χ0) is 13.2. The molecule has 100 valence electrons. The first-order chi connectivity index (χ1) is 9.22. The summed E-state index contributed by atoms with van der Waals surface area (Å²) < 4.78 is 13.9. The minimum absolute atomic E-state index is 0.596. The van der Waals surface area contributed by atoms with E-state index in [0.717, 1.165) is 27.2 Å². The van der Waals surface area contributed by atoms with Crippen LogP contribution in [0.1, 0.15) is 5.56 Å². The van der Waals surface area contributed by atoms with E-state index < -0.39 is 0 Å². The van der Waals surface area contributed by atoms with Crippen molar-refractivity contribution in [3.8, 4) is 11.5 Å². The summed E-state index contributed by atoms with van der Waals surface area (Å²) >= 11 is 3.51. The quantitative estimate of drug-likeness (QED) is 0.943. The van der Waals surface area contributed by atoms with Crippen LogP contribution < -0.4 is 14.8 Å². The fourth-order valence-corrected chi connectivity index (χ4v) is 2.59. The number of hydrogen-bond acceptors (Lipinski definition) is 4. The number of aryl methyl sites for hydroxylation is 1. The Hall–Kier alpha value is -1.69. The fraction of sp³-hybridized carbons (Fsp3) is 0.308. The van der Waals surface area contributed by atoms with Crippen LogP contribution in [0, 0.1) is 0 Å². The fourth-order valence-electron chi connectivity index (χ4n) is 1.98. The number of benzene rings is 1. The maximum Gasteiger partial charge on any atom is 0.175 e. The van der Waals surface area contributed by atoms with Gasteiger partial charge < -0.3 is 14.8 Å².